The highest BCUT2D eigenvalue weighted by Crippen LogP contribution is 2.48. The van der Waals surface area contributed by atoms with Crippen molar-refractivity contribution in [2.45, 2.75) is 401 Å². The molecule has 0 spiro atoms. The highest BCUT2D eigenvalue weighted by molar-refractivity contribution is 5.92. The number of ketones is 1. The smallest absolute Gasteiger partial charge is 0.313 e. The molecule has 1 N–H and O–H groups in total. The number of Topliss-reactive ketones (excluding diaryl/α,β-unsaturated/α-hetero) is 1. The van der Waals surface area contributed by atoms with Crippen LogP contribution in [-0.4, -0.2) is 176 Å². The first-order valence-electron chi connectivity index (χ1n) is 45.5. The third kappa shape index (κ3) is 37.6. The molecule has 13 aliphatic rings. The van der Waals surface area contributed by atoms with Gasteiger partial charge < -0.3 is 66.7 Å². The van der Waals surface area contributed by atoms with Gasteiger partial charge in [-0.3, -0.25) is 67.1 Å². The SMILES string of the molecule is C=C(C1CCOC1=O)C(C)(C)C.CC(=O)C1(C)CC(C)(C)C(=O)O1.CC(C)(O)C1COC(=O)C1.CC1(C)CC(=O)OC1(C)C.CC1(C)CC(C)(C)C(=O)O1.CC1(C)CCCOC1=O.CC1(C)CCOC(=O)C1.CC1(C)CCOC(=O)C1(C)C.CC1(C)CCOC1=O.CC1(C)COC(=O)C1.CC1(C)COC(=O)CC1(C)C.CC1CC(C)(C)C(=O)O1.CC1OC(=O)CC1(C)C. The summed E-state index contributed by atoms with van der Waals surface area (Å²) in [6, 6.07) is 0. The maximum Gasteiger partial charge on any atom is 0.313 e. The van der Waals surface area contributed by atoms with Gasteiger partial charge in [0.15, 0.2) is 11.4 Å². The van der Waals surface area contributed by atoms with Crippen molar-refractivity contribution >= 4 is 83.4 Å². The number of ether oxygens (including phenoxy) is 13. The molecule has 13 aliphatic heterocycles. The Bertz CT molecular complexity index is 3830. The first-order chi connectivity index (χ1) is 57.1. The van der Waals surface area contributed by atoms with Gasteiger partial charge in [0.25, 0.3) is 0 Å². The minimum absolute atomic E-state index is 0.00796. The predicted octanol–water partition coefficient (Wildman–Crippen LogP) is 18.5. The number of esters is 13. The molecule has 0 aromatic carbocycles. The highest BCUT2D eigenvalue weighted by Gasteiger charge is 2.53. The second-order valence-corrected chi connectivity index (χ2v) is 47.8. The monoisotopic (exact) mass is 1820 g/mol. The van der Waals surface area contributed by atoms with Crippen molar-refractivity contribution < 1.29 is 134 Å². The van der Waals surface area contributed by atoms with Gasteiger partial charge in [0.2, 0.25) is 0 Å². The summed E-state index contributed by atoms with van der Waals surface area (Å²) in [6.07, 6.45) is 11.1. The first-order valence-corrected chi connectivity index (χ1v) is 45.5. The van der Waals surface area contributed by atoms with E-state index >= 15 is 0 Å². The lowest BCUT2D eigenvalue weighted by Gasteiger charge is -2.44. The molecule has 28 heteroatoms. The third-order valence-corrected chi connectivity index (χ3v) is 26.9. The summed E-state index contributed by atoms with van der Waals surface area (Å²) < 4.78 is 63.8. The van der Waals surface area contributed by atoms with Gasteiger partial charge in [-0.25, -0.2) is 0 Å². The van der Waals surface area contributed by atoms with E-state index in [1.165, 1.54) is 6.92 Å². The van der Waals surface area contributed by atoms with E-state index in [-0.39, 0.29) is 189 Å². The van der Waals surface area contributed by atoms with Crippen molar-refractivity contribution in [1.82, 2.24) is 0 Å². The lowest BCUT2D eigenvalue weighted by Crippen LogP contribution is -2.45. The number of cyclic esters (lactones) is 13. The van der Waals surface area contributed by atoms with E-state index in [0.717, 1.165) is 56.9 Å². The van der Waals surface area contributed by atoms with Crippen LogP contribution in [-0.2, 0) is 129 Å². The molecule has 13 rings (SSSR count). The third-order valence-electron chi connectivity index (χ3n) is 26.9. The number of carbonyl (C=O) groups is 14. The second kappa shape index (κ2) is 44.8. The van der Waals surface area contributed by atoms with Crippen LogP contribution >= 0.6 is 0 Å². The second-order valence-electron chi connectivity index (χ2n) is 47.8. The maximum atomic E-state index is 11.3. The molecule has 0 amide bonds. The molecule has 28 nitrogen and oxygen atoms in total. The molecule has 5 unspecified atom stereocenters. The van der Waals surface area contributed by atoms with Crippen molar-refractivity contribution in [2.75, 3.05) is 52.9 Å². The van der Waals surface area contributed by atoms with Gasteiger partial charge in [-0.05, 0) is 219 Å². The zero-order valence-corrected chi connectivity index (χ0v) is 86.2. The van der Waals surface area contributed by atoms with Gasteiger partial charge in [0.05, 0.1) is 135 Å². The van der Waals surface area contributed by atoms with Crippen molar-refractivity contribution in [2.24, 2.45) is 87.6 Å². The van der Waals surface area contributed by atoms with Crippen LogP contribution in [0.15, 0.2) is 12.2 Å². The van der Waals surface area contributed by atoms with E-state index in [0.29, 0.717) is 97.8 Å². The van der Waals surface area contributed by atoms with Crippen LogP contribution < -0.4 is 0 Å². The largest absolute Gasteiger partial charge is 0.466 e. The zero-order chi connectivity index (χ0) is 100. The fourth-order valence-corrected chi connectivity index (χ4v) is 14.2. The Kier molecular flexibility index (Phi) is 41.5. The normalized spacial score (nSPS) is 27.9. The Balaban J connectivity index is 0.000000694. The Morgan fingerprint density at radius 2 is 0.867 bits per heavy atom. The molecular weight excluding hydrogens is 1650 g/mol. The Hall–Kier alpha value is -7.52. The lowest BCUT2D eigenvalue weighted by molar-refractivity contribution is -0.172. The van der Waals surface area contributed by atoms with Crippen LogP contribution in [0.5, 0.6) is 0 Å². The summed E-state index contributed by atoms with van der Waals surface area (Å²) in [6.45, 7) is 84.8. The summed E-state index contributed by atoms with van der Waals surface area (Å²) in [4.78, 5) is 152. The van der Waals surface area contributed by atoms with Crippen molar-refractivity contribution in [3.05, 3.63) is 12.2 Å². The Labute approximate surface area is 767 Å². The number of carbonyl (C=O) groups excluding carboxylic acids is 14. The van der Waals surface area contributed by atoms with Crippen molar-refractivity contribution in [3.63, 3.8) is 0 Å². The fraction of sp³-hybridized carbons (Fsp3) is 0.840. The quantitative estimate of drug-likeness (QED) is 0.156. The average molecular weight is 1820 g/mol. The van der Waals surface area contributed by atoms with Gasteiger partial charge in [0, 0.05) is 40.4 Å². The molecule has 0 aromatic rings. The number of aliphatic hydroxyl groups is 1. The van der Waals surface area contributed by atoms with E-state index in [9.17, 15) is 72.2 Å². The molecule has 0 radical (unpaired) electrons. The number of hydrogen-bond acceptors (Lipinski definition) is 28. The molecule has 13 saturated heterocycles. The van der Waals surface area contributed by atoms with E-state index in [4.69, 9.17) is 61.6 Å². The Morgan fingerprint density at radius 3 is 1.09 bits per heavy atom. The zero-order valence-electron chi connectivity index (χ0n) is 86.2. The first kappa shape index (κ1) is 118. The summed E-state index contributed by atoms with van der Waals surface area (Å²) in [5.74, 6) is -1.36. The summed E-state index contributed by atoms with van der Waals surface area (Å²) in [5, 5.41) is 9.40. The molecule has 5 atom stereocenters. The number of hydrogen-bond donors (Lipinski definition) is 1. The highest BCUT2D eigenvalue weighted by atomic mass is 16.6. The minimum atomic E-state index is -0.888. The lowest BCUT2D eigenvalue weighted by atomic mass is 9.65. The summed E-state index contributed by atoms with van der Waals surface area (Å²) >= 11 is 0. The van der Waals surface area contributed by atoms with E-state index in [1.54, 1.807) is 34.6 Å². The van der Waals surface area contributed by atoms with Crippen LogP contribution in [0.2, 0.25) is 0 Å². The predicted molar refractivity (Wildman–Crippen MR) is 485 cm³/mol. The van der Waals surface area contributed by atoms with Gasteiger partial charge >= 0.3 is 77.6 Å². The van der Waals surface area contributed by atoms with Crippen LogP contribution in [0.25, 0.3) is 0 Å². The van der Waals surface area contributed by atoms with Crippen LogP contribution in [0.3, 0.4) is 0 Å². The molecule has 738 valence electrons. The summed E-state index contributed by atoms with van der Waals surface area (Å²) in [5.41, 5.74) is -2.43. The molecule has 13 heterocycles. The Morgan fingerprint density at radius 1 is 0.398 bits per heavy atom. The van der Waals surface area contributed by atoms with E-state index in [2.05, 4.69) is 96.6 Å². The summed E-state index contributed by atoms with van der Waals surface area (Å²) in [7, 11) is 0. The average Bonchev–Trinajstić information content (AvgIpc) is 1.28. The maximum absolute atomic E-state index is 11.3. The van der Waals surface area contributed by atoms with Crippen molar-refractivity contribution in [3.8, 4) is 0 Å². The molecule has 13 fully saturated rings. The standard InChI is InChI=1S/C10H16O2.C9H14O3.2C9H16O2.2C8H14O2.C7H12O3.4C7H12O2.2C6H10O2/c1-7(10(2,3)4)8-5-6-12-9(8)11;1-6(10)9(4)5-8(2,3)7(11)12-9;1-8(2)5-7(10)11-6-9(8,3)4;1-8(2)5-6-11-7(10)9(8,3)4;1-7(2)5-8(3,4)10-6(7)9;1-7(2)5-6(9)10-8(7,3)4;1-7(2,9)5-3-6(8)10-4-5;1-5-7(2,3)4-6(8)9-5;1-5-4-7(2,3)6(8)9-5;1-7(2)3-4-9-6(8)5-7;1-7(2)4-3-5-9-6(7)8;1-6(2)3-5(7)8-4-6;1-6(2)3-4-8-5(6)7/h8H,1,5-6H2,2-4H3;5H2,1-4H3;2*5-6H2,1-4H3;2*5H2,1-4H3;5,9H,3-4H2,1-2H3;2*5H,4H2,1-3H3;2*3-5H2,1-2H3;2*3-4H2,1-2H3. The van der Waals surface area contributed by atoms with Crippen molar-refractivity contribution in [1.29, 1.82) is 0 Å². The molecule has 0 saturated carbocycles. The van der Waals surface area contributed by atoms with Gasteiger partial charge in [-0.15, -0.1) is 0 Å². The molecule has 0 aliphatic carbocycles. The van der Waals surface area contributed by atoms with Gasteiger partial charge in [-0.1, -0.05) is 130 Å². The van der Waals surface area contributed by atoms with Gasteiger partial charge in [0.1, 0.15) is 23.4 Å². The fourth-order valence-electron chi connectivity index (χ4n) is 14.2. The topological polar surface area (TPSA) is 379 Å². The van der Waals surface area contributed by atoms with Crippen LogP contribution in [0, 0.1) is 87.6 Å². The number of rotatable bonds is 3. The van der Waals surface area contributed by atoms with E-state index < -0.39 is 16.6 Å². The van der Waals surface area contributed by atoms with Crippen LogP contribution in [0.4, 0.5) is 0 Å². The molecular formula is C100H170O28. The van der Waals surface area contributed by atoms with Crippen LogP contribution in [0.1, 0.15) is 366 Å². The van der Waals surface area contributed by atoms with E-state index in [1.807, 2.05) is 138 Å². The molecule has 128 heavy (non-hydrogen) atoms. The molecule has 0 aromatic heterocycles. The van der Waals surface area contributed by atoms with Gasteiger partial charge in [-0.2, -0.15) is 0 Å². The minimum Gasteiger partial charge on any atom is -0.466 e. The molecule has 0 bridgehead atoms.